The lowest BCUT2D eigenvalue weighted by molar-refractivity contribution is 0.280. The fourth-order valence-corrected chi connectivity index (χ4v) is 2.67. The van der Waals surface area contributed by atoms with E-state index in [0.29, 0.717) is 11.5 Å². The van der Waals surface area contributed by atoms with Gasteiger partial charge >= 0.3 is 0 Å². The van der Waals surface area contributed by atoms with Crippen molar-refractivity contribution in [2.75, 3.05) is 0 Å². The maximum Gasteiger partial charge on any atom is 0.112 e. The first-order valence-corrected chi connectivity index (χ1v) is 6.50. The van der Waals surface area contributed by atoms with E-state index in [1.54, 1.807) is 11.3 Å². The molecule has 1 N–H and O–H groups in total. The van der Waals surface area contributed by atoms with Crippen LogP contribution in [-0.2, 0) is 5.54 Å². The number of nitrogens with zero attached hydrogens (tertiary/aromatic N) is 1. The van der Waals surface area contributed by atoms with Gasteiger partial charge < -0.3 is 5.32 Å². The summed E-state index contributed by atoms with van der Waals surface area (Å²) in [4.78, 5) is 4.40. The van der Waals surface area contributed by atoms with Crippen molar-refractivity contribution in [1.82, 2.24) is 10.3 Å². The smallest absolute Gasteiger partial charge is 0.112 e. The van der Waals surface area contributed by atoms with Gasteiger partial charge in [-0.1, -0.05) is 6.92 Å². The average molecular weight is 224 g/mol. The van der Waals surface area contributed by atoms with E-state index in [-0.39, 0.29) is 5.54 Å². The van der Waals surface area contributed by atoms with Crippen molar-refractivity contribution < 1.29 is 0 Å². The zero-order valence-electron chi connectivity index (χ0n) is 10.0. The third-order valence-electron chi connectivity index (χ3n) is 3.63. The van der Waals surface area contributed by atoms with Crippen LogP contribution in [0.3, 0.4) is 0 Å². The summed E-state index contributed by atoms with van der Waals surface area (Å²) in [5.74, 6) is 0. The summed E-state index contributed by atoms with van der Waals surface area (Å²) in [6, 6.07) is 0.566. The molecule has 1 aliphatic carbocycles. The van der Waals surface area contributed by atoms with Crippen LogP contribution in [0.5, 0.6) is 0 Å². The number of thiazole rings is 1. The number of hydrogen-bond donors (Lipinski definition) is 1. The molecule has 1 aliphatic rings. The first-order chi connectivity index (χ1) is 6.94. The third-order valence-corrected chi connectivity index (χ3v) is 4.73. The van der Waals surface area contributed by atoms with E-state index in [2.05, 4.69) is 38.0 Å². The number of nitrogens with one attached hydrogen (secondary N) is 1. The largest absolute Gasteiger partial charge is 0.303 e. The molecule has 0 spiro atoms. The van der Waals surface area contributed by atoms with Crippen LogP contribution in [0, 0.1) is 5.41 Å². The summed E-state index contributed by atoms with van der Waals surface area (Å²) < 4.78 is 0. The van der Waals surface area contributed by atoms with E-state index in [0.717, 1.165) is 0 Å². The second-order valence-corrected chi connectivity index (χ2v) is 6.38. The fraction of sp³-hybridized carbons (Fsp3) is 0.750. The van der Waals surface area contributed by atoms with Crippen LogP contribution in [0.4, 0.5) is 0 Å². The first-order valence-electron chi connectivity index (χ1n) is 5.62. The van der Waals surface area contributed by atoms with Gasteiger partial charge in [-0.25, -0.2) is 4.98 Å². The molecule has 1 aromatic rings. The second-order valence-electron chi connectivity index (χ2n) is 5.48. The molecule has 2 nitrogen and oxygen atoms in total. The molecule has 0 bridgehead atoms. The van der Waals surface area contributed by atoms with Crippen molar-refractivity contribution in [3.8, 4) is 0 Å². The van der Waals surface area contributed by atoms with Gasteiger partial charge in [-0.3, -0.25) is 0 Å². The molecule has 0 aliphatic heterocycles. The van der Waals surface area contributed by atoms with Gasteiger partial charge in [0.25, 0.3) is 0 Å². The molecule has 2 rings (SSSR count). The molecule has 1 heterocycles. The van der Waals surface area contributed by atoms with Gasteiger partial charge in [0.2, 0.25) is 0 Å². The predicted octanol–water partition coefficient (Wildman–Crippen LogP) is 3.16. The number of hydrogen-bond acceptors (Lipinski definition) is 3. The molecule has 1 unspecified atom stereocenters. The molecular formula is C12H20N2S. The summed E-state index contributed by atoms with van der Waals surface area (Å²) >= 11 is 1.73. The van der Waals surface area contributed by atoms with Gasteiger partial charge in [-0.05, 0) is 39.0 Å². The van der Waals surface area contributed by atoms with E-state index in [9.17, 15) is 0 Å². The molecular weight excluding hydrogens is 204 g/mol. The Balaban J connectivity index is 2.04. The van der Waals surface area contributed by atoms with E-state index in [4.69, 9.17) is 0 Å². The SMILES string of the molecule is CC(NC(C)(C)c1nccs1)C1(C)CC1. The molecule has 0 amide bonds. The van der Waals surface area contributed by atoms with Crippen LogP contribution in [0.15, 0.2) is 11.6 Å². The highest BCUT2D eigenvalue weighted by atomic mass is 32.1. The fourth-order valence-electron chi connectivity index (χ4n) is 1.94. The summed E-state index contributed by atoms with van der Waals surface area (Å²) in [6.45, 7) is 9.09. The molecule has 0 saturated heterocycles. The highest BCUT2D eigenvalue weighted by molar-refractivity contribution is 7.09. The Bertz CT molecular complexity index is 325. The molecule has 0 aromatic carbocycles. The van der Waals surface area contributed by atoms with Gasteiger partial charge in [0.15, 0.2) is 0 Å². The Morgan fingerprint density at radius 3 is 2.67 bits per heavy atom. The van der Waals surface area contributed by atoms with Crippen molar-refractivity contribution in [3.05, 3.63) is 16.6 Å². The molecule has 1 atom stereocenters. The van der Waals surface area contributed by atoms with Crippen LogP contribution in [-0.4, -0.2) is 11.0 Å². The van der Waals surface area contributed by atoms with Crippen molar-refractivity contribution >= 4 is 11.3 Å². The van der Waals surface area contributed by atoms with Gasteiger partial charge in [0.1, 0.15) is 5.01 Å². The Kier molecular flexibility index (Phi) is 2.63. The van der Waals surface area contributed by atoms with Gasteiger partial charge in [-0.2, -0.15) is 0 Å². The lowest BCUT2D eigenvalue weighted by Gasteiger charge is -2.31. The molecule has 3 heteroatoms. The van der Waals surface area contributed by atoms with E-state index in [1.165, 1.54) is 17.8 Å². The lowest BCUT2D eigenvalue weighted by Crippen LogP contribution is -2.45. The van der Waals surface area contributed by atoms with Crippen LogP contribution in [0.2, 0.25) is 0 Å². The van der Waals surface area contributed by atoms with Crippen molar-refractivity contribution in [1.29, 1.82) is 0 Å². The third kappa shape index (κ3) is 2.23. The lowest BCUT2D eigenvalue weighted by atomic mass is 9.96. The maximum absolute atomic E-state index is 4.40. The number of rotatable bonds is 4. The Hall–Kier alpha value is -0.410. The zero-order chi connectivity index (χ0) is 11.1. The van der Waals surface area contributed by atoms with Crippen LogP contribution in [0.25, 0.3) is 0 Å². The second kappa shape index (κ2) is 3.56. The Morgan fingerprint density at radius 1 is 1.53 bits per heavy atom. The van der Waals surface area contributed by atoms with E-state index in [1.807, 2.05) is 11.6 Å². The van der Waals surface area contributed by atoms with Gasteiger partial charge in [0, 0.05) is 17.6 Å². The van der Waals surface area contributed by atoms with E-state index >= 15 is 0 Å². The molecule has 15 heavy (non-hydrogen) atoms. The van der Waals surface area contributed by atoms with Crippen molar-refractivity contribution in [2.24, 2.45) is 5.41 Å². The quantitative estimate of drug-likeness (QED) is 0.850. The summed E-state index contributed by atoms with van der Waals surface area (Å²) in [5, 5.41) is 6.93. The molecule has 1 aromatic heterocycles. The summed E-state index contributed by atoms with van der Waals surface area (Å²) in [7, 11) is 0. The Morgan fingerprint density at radius 2 is 2.20 bits per heavy atom. The minimum atomic E-state index is -0.000810. The average Bonchev–Trinajstić information content (AvgIpc) is 2.70. The van der Waals surface area contributed by atoms with Crippen molar-refractivity contribution in [3.63, 3.8) is 0 Å². The predicted molar refractivity (Wildman–Crippen MR) is 65.1 cm³/mol. The van der Waals surface area contributed by atoms with Crippen molar-refractivity contribution in [2.45, 2.75) is 52.1 Å². The highest BCUT2D eigenvalue weighted by Crippen LogP contribution is 2.48. The monoisotopic (exact) mass is 224 g/mol. The molecule has 0 radical (unpaired) electrons. The minimum Gasteiger partial charge on any atom is -0.303 e. The van der Waals surface area contributed by atoms with E-state index < -0.39 is 0 Å². The topological polar surface area (TPSA) is 24.9 Å². The molecule has 1 fully saturated rings. The molecule has 84 valence electrons. The van der Waals surface area contributed by atoms with Crippen LogP contribution < -0.4 is 5.32 Å². The number of aromatic nitrogens is 1. The highest BCUT2D eigenvalue weighted by Gasteiger charge is 2.44. The maximum atomic E-state index is 4.40. The van der Waals surface area contributed by atoms with Crippen LogP contribution in [0.1, 0.15) is 45.5 Å². The summed E-state index contributed by atoms with van der Waals surface area (Å²) in [5.41, 5.74) is 0.522. The van der Waals surface area contributed by atoms with Gasteiger partial charge in [0.05, 0.1) is 5.54 Å². The minimum absolute atomic E-state index is 0.000810. The summed E-state index contributed by atoms with van der Waals surface area (Å²) in [6.07, 6.45) is 4.59. The standard InChI is InChI=1S/C12H20N2S/c1-9(12(4)5-6-12)14-11(2,3)10-13-7-8-15-10/h7-9,14H,5-6H2,1-4H3. The molecule has 1 saturated carbocycles. The van der Waals surface area contributed by atoms with Gasteiger partial charge in [-0.15, -0.1) is 11.3 Å². The van der Waals surface area contributed by atoms with Crippen LogP contribution >= 0.6 is 11.3 Å². The normalized spacial score (nSPS) is 21.3. The first kappa shape index (κ1) is 11.1. The zero-order valence-corrected chi connectivity index (χ0v) is 10.8. The Labute approximate surface area is 96.1 Å².